The van der Waals surface area contributed by atoms with Crippen molar-refractivity contribution in [3.63, 3.8) is 0 Å². The summed E-state index contributed by atoms with van der Waals surface area (Å²) in [6.45, 7) is 3.17. The number of ether oxygens (including phenoxy) is 2. The molecule has 1 N–H and O–H groups in total. The SMILES string of the molecule is COc1ccccc1CN/N=C/c1c(OCc2ccc(C)cc2)ccc2ccccc12. The Morgan fingerprint density at radius 2 is 1.61 bits per heavy atom. The van der Waals surface area contributed by atoms with Crippen LogP contribution in [0.4, 0.5) is 0 Å². The van der Waals surface area contributed by atoms with Crippen molar-refractivity contribution in [2.45, 2.75) is 20.1 Å². The van der Waals surface area contributed by atoms with Gasteiger partial charge in [0.15, 0.2) is 0 Å². The lowest BCUT2D eigenvalue weighted by atomic mass is 10.0. The first kappa shape index (κ1) is 20.5. The molecule has 0 fully saturated rings. The predicted molar refractivity (Wildman–Crippen MR) is 127 cm³/mol. The van der Waals surface area contributed by atoms with Gasteiger partial charge in [-0.25, -0.2) is 0 Å². The Morgan fingerprint density at radius 1 is 0.839 bits per heavy atom. The molecule has 4 rings (SSSR count). The summed E-state index contributed by atoms with van der Waals surface area (Å²) in [7, 11) is 1.68. The van der Waals surface area contributed by atoms with Crippen LogP contribution in [0.2, 0.25) is 0 Å². The minimum absolute atomic E-state index is 0.508. The zero-order chi connectivity index (χ0) is 21.5. The second kappa shape index (κ2) is 9.81. The third-order valence-corrected chi connectivity index (χ3v) is 5.19. The molecular weight excluding hydrogens is 384 g/mol. The Bertz CT molecular complexity index is 1180. The van der Waals surface area contributed by atoms with E-state index in [9.17, 15) is 0 Å². The van der Waals surface area contributed by atoms with Gasteiger partial charge in [0.05, 0.1) is 19.9 Å². The van der Waals surface area contributed by atoms with Crippen molar-refractivity contribution in [1.29, 1.82) is 0 Å². The summed E-state index contributed by atoms with van der Waals surface area (Å²) in [5.74, 6) is 1.65. The topological polar surface area (TPSA) is 42.8 Å². The van der Waals surface area contributed by atoms with Gasteiger partial charge in [0, 0.05) is 11.1 Å². The fourth-order valence-electron chi connectivity index (χ4n) is 3.47. The lowest BCUT2D eigenvalue weighted by Gasteiger charge is -2.12. The number of benzene rings is 4. The van der Waals surface area contributed by atoms with Crippen molar-refractivity contribution in [2.24, 2.45) is 5.10 Å². The van der Waals surface area contributed by atoms with E-state index in [1.165, 1.54) is 5.56 Å². The van der Waals surface area contributed by atoms with E-state index in [1.54, 1.807) is 7.11 Å². The first-order valence-electron chi connectivity index (χ1n) is 10.3. The summed E-state index contributed by atoms with van der Waals surface area (Å²) in [4.78, 5) is 0. The maximum Gasteiger partial charge on any atom is 0.129 e. The summed E-state index contributed by atoms with van der Waals surface area (Å²) >= 11 is 0. The van der Waals surface area contributed by atoms with Crippen LogP contribution >= 0.6 is 0 Å². The fraction of sp³-hybridized carbons (Fsp3) is 0.148. The highest BCUT2D eigenvalue weighted by molar-refractivity contribution is 6.02. The molecule has 0 bridgehead atoms. The number of methoxy groups -OCH3 is 1. The highest BCUT2D eigenvalue weighted by Gasteiger charge is 2.08. The molecule has 0 aliphatic carbocycles. The largest absolute Gasteiger partial charge is 0.496 e. The monoisotopic (exact) mass is 410 g/mol. The molecule has 0 atom stereocenters. The number of rotatable bonds is 8. The van der Waals surface area contributed by atoms with Crippen molar-refractivity contribution in [2.75, 3.05) is 7.11 Å². The van der Waals surface area contributed by atoms with Gasteiger partial charge in [-0.3, -0.25) is 0 Å². The van der Waals surface area contributed by atoms with Crippen LogP contribution in [-0.4, -0.2) is 13.3 Å². The molecule has 0 radical (unpaired) electrons. The molecule has 4 aromatic carbocycles. The van der Waals surface area contributed by atoms with E-state index in [2.05, 4.69) is 59.9 Å². The van der Waals surface area contributed by atoms with E-state index in [0.717, 1.165) is 39.0 Å². The smallest absolute Gasteiger partial charge is 0.129 e. The first-order chi connectivity index (χ1) is 15.2. The standard InChI is InChI=1S/C27H26N2O2/c1-20-11-13-21(14-12-20)19-31-27-16-15-22-7-3-5-9-24(22)25(27)18-29-28-17-23-8-4-6-10-26(23)30-2/h3-16,18,28H,17,19H2,1-2H3/b29-18+. The van der Waals surface area contributed by atoms with Gasteiger partial charge in [0.2, 0.25) is 0 Å². The van der Waals surface area contributed by atoms with E-state index in [1.807, 2.05) is 48.7 Å². The van der Waals surface area contributed by atoms with Crippen LogP contribution in [-0.2, 0) is 13.2 Å². The fourth-order valence-corrected chi connectivity index (χ4v) is 3.47. The van der Waals surface area contributed by atoms with Crippen LogP contribution in [0.5, 0.6) is 11.5 Å². The number of hydrazone groups is 1. The highest BCUT2D eigenvalue weighted by atomic mass is 16.5. The maximum absolute atomic E-state index is 6.18. The third kappa shape index (κ3) is 5.04. The van der Waals surface area contributed by atoms with E-state index in [4.69, 9.17) is 9.47 Å². The molecule has 0 saturated heterocycles. The van der Waals surface area contributed by atoms with Gasteiger partial charge >= 0.3 is 0 Å². The zero-order valence-corrected chi connectivity index (χ0v) is 17.8. The Balaban J connectivity index is 1.54. The molecule has 0 aliphatic heterocycles. The van der Waals surface area contributed by atoms with E-state index >= 15 is 0 Å². The molecule has 4 heteroatoms. The molecule has 4 nitrogen and oxygen atoms in total. The molecule has 0 aliphatic rings. The van der Waals surface area contributed by atoms with Crippen LogP contribution in [0.15, 0.2) is 90.0 Å². The minimum Gasteiger partial charge on any atom is -0.496 e. The molecular formula is C27H26N2O2. The van der Waals surface area contributed by atoms with Gasteiger partial charge in [-0.15, -0.1) is 0 Å². The predicted octanol–water partition coefficient (Wildman–Crippen LogP) is 5.86. The summed E-state index contributed by atoms with van der Waals surface area (Å²) in [5.41, 5.74) is 7.51. The average molecular weight is 411 g/mol. The van der Waals surface area contributed by atoms with Gasteiger partial charge in [0.1, 0.15) is 18.1 Å². The van der Waals surface area contributed by atoms with Gasteiger partial charge in [-0.2, -0.15) is 5.10 Å². The summed E-state index contributed by atoms with van der Waals surface area (Å²) in [6.07, 6.45) is 1.84. The molecule has 31 heavy (non-hydrogen) atoms. The van der Waals surface area contributed by atoms with Crippen LogP contribution in [0.25, 0.3) is 10.8 Å². The molecule has 0 heterocycles. The maximum atomic E-state index is 6.18. The lowest BCUT2D eigenvalue weighted by Crippen LogP contribution is -2.07. The summed E-state index contributed by atoms with van der Waals surface area (Å²) in [6, 6.07) is 28.7. The van der Waals surface area contributed by atoms with Crippen molar-refractivity contribution < 1.29 is 9.47 Å². The number of nitrogens with one attached hydrogen (secondary N) is 1. The molecule has 0 saturated carbocycles. The Labute approximate surface area is 183 Å². The van der Waals surface area contributed by atoms with Crippen LogP contribution in [0.1, 0.15) is 22.3 Å². The zero-order valence-electron chi connectivity index (χ0n) is 17.8. The van der Waals surface area contributed by atoms with E-state index in [0.29, 0.717) is 13.2 Å². The molecule has 0 amide bonds. The van der Waals surface area contributed by atoms with Gasteiger partial charge < -0.3 is 14.9 Å². The molecule has 0 aromatic heterocycles. The summed E-state index contributed by atoms with van der Waals surface area (Å²) in [5, 5.41) is 6.73. The van der Waals surface area contributed by atoms with Gasteiger partial charge in [-0.1, -0.05) is 78.4 Å². The van der Waals surface area contributed by atoms with Crippen LogP contribution in [0.3, 0.4) is 0 Å². The molecule has 4 aromatic rings. The number of nitrogens with zero attached hydrogens (tertiary/aromatic N) is 1. The second-order valence-electron chi connectivity index (χ2n) is 7.38. The first-order valence-corrected chi connectivity index (χ1v) is 10.3. The number of hydrogen-bond acceptors (Lipinski definition) is 4. The number of fused-ring (bicyclic) bond motifs is 1. The Kier molecular flexibility index (Phi) is 6.48. The van der Waals surface area contributed by atoms with Gasteiger partial charge in [0.25, 0.3) is 0 Å². The lowest BCUT2D eigenvalue weighted by molar-refractivity contribution is 0.306. The molecule has 156 valence electrons. The molecule has 0 unspecified atom stereocenters. The quantitative estimate of drug-likeness (QED) is 0.292. The molecule has 0 spiro atoms. The highest BCUT2D eigenvalue weighted by Crippen LogP contribution is 2.27. The van der Waals surface area contributed by atoms with Crippen molar-refractivity contribution >= 4 is 17.0 Å². The number of hydrogen-bond donors (Lipinski definition) is 1. The van der Waals surface area contributed by atoms with E-state index < -0.39 is 0 Å². The van der Waals surface area contributed by atoms with E-state index in [-0.39, 0.29) is 0 Å². The van der Waals surface area contributed by atoms with Crippen molar-refractivity contribution in [3.05, 3.63) is 107 Å². The van der Waals surface area contributed by atoms with Crippen LogP contribution in [0, 0.1) is 6.92 Å². The third-order valence-electron chi connectivity index (χ3n) is 5.19. The normalized spacial score (nSPS) is 11.0. The number of aryl methyl sites for hydroxylation is 1. The van der Waals surface area contributed by atoms with Crippen molar-refractivity contribution in [1.82, 2.24) is 5.43 Å². The Hall–Kier alpha value is -3.79. The average Bonchev–Trinajstić information content (AvgIpc) is 2.82. The van der Waals surface area contributed by atoms with Crippen LogP contribution < -0.4 is 14.9 Å². The minimum atomic E-state index is 0.508. The Morgan fingerprint density at radius 3 is 2.45 bits per heavy atom. The summed E-state index contributed by atoms with van der Waals surface area (Å²) < 4.78 is 11.6. The number of para-hydroxylation sites is 1. The second-order valence-corrected chi connectivity index (χ2v) is 7.38. The van der Waals surface area contributed by atoms with Crippen molar-refractivity contribution in [3.8, 4) is 11.5 Å². The van der Waals surface area contributed by atoms with Gasteiger partial charge in [-0.05, 0) is 35.4 Å².